The molecule has 0 atom stereocenters. The Hall–Kier alpha value is -1.91. The fourth-order valence-electron chi connectivity index (χ4n) is 3.01. The molecule has 0 unspecified atom stereocenters. The summed E-state index contributed by atoms with van der Waals surface area (Å²) in [5, 5.41) is 0.852. The summed E-state index contributed by atoms with van der Waals surface area (Å²) in [7, 11) is 1.68. The molecule has 1 aliphatic rings. The van der Waals surface area contributed by atoms with Crippen molar-refractivity contribution in [1.82, 2.24) is 4.90 Å². The summed E-state index contributed by atoms with van der Waals surface area (Å²) in [6.07, 6.45) is 0. The topological polar surface area (TPSA) is 32.8 Å². The minimum absolute atomic E-state index is 0.0191. The molecule has 1 aliphatic heterocycles. The zero-order valence-corrected chi connectivity index (χ0v) is 15.8. The van der Waals surface area contributed by atoms with Crippen LogP contribution in [0.25, 0.3) is 0 Å². The molecule has 25 heavy (non-hydrogen) atoms. The van der Waals surface area contributed by atoms with Gasteiger partial charge in [-0.2, -0.15) is 0 Å². The number of halogens is 2. The van der Waals surface area contributed by atoms with Gasteiger partial charge in [-0.1, -0.05) is 29.3 Å². The predicted octanol–water partition coefficient (Wildman–Crippen LogP) is 4.27. The van der Waals surface area contributed by atoms with Crippen LogP contribution in [0.15, 0.2) is 36.4 Å². The average Bonchev–Trinajstić information content (AvgIpc) is 2.63. The monoisotopic (exact) mass is 378 g/mol. The minimum atomic E-state index is -0.0191. The number of piperazine rings is 1. The molecule has 0 saturated carbocycles. The van der Waals surface area contributed by atoms with Crippen LogP contribution in [0.3, 0.4) is 0 Å². The van der Waals surface area contributed by atoms with Crippen molar-refractivity contribution >= 4 is 34.8 Å². The Morgan fingerprint density at radius 2 is 1.72 bits per heavy atom. The van der Waals surface area contributed by atoms with Crippen molar-refractivity contribution in [3.63, 3.8) is 0 Å². The SMILES string of the molecule is COc1ccc(C)cc1N1CCN(C(=O)c2ccc(Cl)c(Cl)c2)CC1. The van der Waals surface area contributed by atoms with Crippen molar-refractivity contribution in [2.75, 3.05) is 38.2 Å². The van der Waals surface area contributed by atoms with E-state index in [2.05, 4.69) is 17.9 Å². The van der Waals surface area contributed by atoms with Crippen molar-refractivity contribution in [2.24, 2.45) is 0 Å². The number of rotatable bonds is 3. The molecular formula is C19H20Cl2N2O2. The normalized spacial score (nSPS) is 14.6. The maximum Gasteiger partial charge on any atom is 0.254 e. The van der Waals surface area contributed by atoms with Crippen molar-refractivity contribution in [3.05, 3.63) is 57.6 Å². The molecule has 4 nitrogen and oxygen atoms in total. The van der Waals surface area contributed by atoms with Gasteiger partial charge in [-0.3, -0.25) is 4.79 Å². The molecule has 0 spiro atoms. The third kappa shape index (κ3) is 3.86. The van der Waals surface area contributed by atoms with Gasteiger partial charge in [0, 0.05) is 31.7 Å². The van der Waals surface area contributed by atoms with Gasteiger partial charge in [0.15, 0.2) is 0 Å². The highest BCUT2D eigenvalue weighted by Gasteiger charge is 2.24. The third-order valence-corrected chi connectivity index (χ3v) is 5.15. The lowest BCUT2D eigenvalue weighted by molar-refractivity contribution is 0.0746. The van der Waals surface area contributed by atoms with Gasteiger partial charge in [-0.25, -0.2) is 0 Å². The summed E-state index contributed by atoms with van der Waals surface area (Å²) < 4.78 is 5.47. The average molecular weight is 379 g/mol. The van der Waals surface area contributed by atoms with Crippen LogP contribution in [0.2, 0.25) is 10.0 Å². The van der Waals surface area contributed by atoms with Gasteiger partial charge in [0.25, 0.3) is 5.91 Å². The van der Waals surface area contributed by atoms with E-state index in [0.29, 0.717) is 28.7 Å². The van der Waals surface area contributed by atoms with E-state index in [0.717, 1.165) is 24.5 Å². The molecule has 6 heteroatoms. The Morgan fingerprint density at radius 1 is 1.00 bits per heavy atom. The molecule has 3 rings (SSSR count). The maximum atomic E-state index is 12.7. The summed E-state index contributed by atoms with van der Waals surface area (Å²) in [6, 6.07) is 11.1. The van der Waals surface area contributed by atoms with Gasteiger partial charge >= 0.3 is 0 Å². The number of aryl methyl sites for hydroxylation is 1. The van der Waals surface area contributed by atoms with E-state index in [1.807, 2.05) is 17.0 Å². The highest BCUT2D eigenvalue weighted by molar-refractivity contribution is 6.42. The fraction of sp³-hybridized carbons (Fsp3) is 0.316. The number of hydrogen-bond acceptors (Lipinski definition) is 3. The van der Waals surface area contributed by atoms with Crippen LogP contribution in [-0.4, -0.2) is 44.1 Å². The van der Waals surface area contributed by atoms with Crippen LogP contribution >= 0.6 is 23.2 Å². The van der Waals surface area contributed by atoms with E-state index < -0.39 is 0 Å². The number of ether oxygens (including phenoxy) is 1. The van der Waals surface area contributed by atoms with Crippen molar-refractivity contribution in [1.29, 1.82) is 0 Å². The molecule has 0 radical (unpaired) electrons. The van der Waals surface area contributed by atoms with E-state index in [1.165, 1.54) is 5.56 Å². The second-order valence-corrected chi connectivity index (χ2v) is 6.90. The van der Waals surface area contributed by atoms with Gasteiger partial charge in [0.05, 0.1) is 22.8 Å². The largest absolute Gasteiger partial charge is 0.495 e. The molecule has 1 heterocycles. The Bertz CT molecular complexity index is 787. The summed E-state index contributed by atoms with van der Waals surface area (Å²) in [5.74, 6) is 0.837. The molecule has 2 aromatic carbocycles. The molecule has 0 aromatic heterocycles. The molecule has 2 aromatic rings. The van der Waals surface area contributed by atoms with Crippen molar-refractivity contribution in [3.8, 4) is 5.75 Å². The van der Waals surface area contributed by atoms with E-state index in [9.17, 15) is 4.79 Å². The number of carbonyl (C=O) groups is 1. The fourth-order valence-corrected chi connectivity index (χ4v) is 3.31. The number of anilines is 1. The summed E-state index contributed by atoms with van der Waals surface area (Å²) >= 11 is 11.9. The van der Waals surface area contributed by atoms with Crippen LogP contribution in [0.5, 0.6) is 5.75 Å². The first-order valence-corrected chi connectivity index (χ1v) is 8.89. The lowest BCUT2D eigenvalue weighted by atomic mass is 10.1. The highest BCUT2D eigenvalue weighted by Crippen LogP contribution is 2.30. The Balaban J connectivity index is 1.70. The van der Waals surface area contributed by atoms with Gasteiger partial charge in [-0.15, -0.1) is 0 Å². The molecule has 0 bridgehead atoms. The number of nitrogens with zero attached hydrogens (tertiary/aromatic N) is 2. The minimum Gasteiger partial charge on any atom is -0.495 e. The lowest BCUT2D eigenvalue weighted by Gasteiger charge is -2.36. The van der Waals surface area contributed by atoms with Crippen LogP contribution in [-0.2, 0) is 0 Å². The summed E-state index contributed by atoms with van der Waals surface area (Å²) in [6.45, 7) is 4.87. The number of benzene rings is 2. The molecule has 1 saturated heterocycles. The number of methoxy groups -OCH3 is 1. The van der Waals surface area contributed by atoms with Gasteiger partial charge < -0.3 is 14.5 Å². The van der Waals surface area contributed by atoms with Crippen molar-refractivity contribution < 1.29 is 9.53 Å². The Labute approximate surface area is 157 Å². The van der Waals surface area contributed by atoms with Crippen LogP contribution < -0.4 is 9.64 Å². The Morgan fingerprint density at radius 3 is 2.36 bits per heavy atom. The number of hydrogen-bond donors (Lipinski definition) is 0. The molecule has 0 aliphatic carbocycles. The maximum absolute atomic E-state index is 12.7. The summed E-state index contributed by atoms with van der Waals surface area (Å²) in [5.41, 5.74) is 2.82. The molecule has 0 N–H and O–H groups in total. The molecular weight excluding hydrogens is 359 g/mol. The standard InChI is InChI=1S/C19H20Cl2N2O2/c1-13-3-6-18(25-2)17(11-13)22-7-9-23(10-8-22)19(24)14-4-5-15(20)16(21)12-14/h3-6,11-12H,7-10H2,1-2H3. The van der Waals surface area contributed by atoms with E-state index in [-0.39, 0.29) is 5.91 Å². The summed E-state index contributed by atoms with van der Waals surface area (Å²) in [4.78, 5) is 16.8. The molecule has 1 fully saturated rings. The van der Waals surface area contributed by atoms with Gasteiger partial charge in [-0.05, 0) is 42.8 Å². The number of carbonyl (C=O) groups excluding carboxylic acids is 1. The zero-order chi connectivity index (χ0) is 18.0. The first kappa shape index (κ1) is 17.9. The second kappa shape index (κ2) is 7.54. The predicted molar refractivity (Wildman–Crippen MR) is 102 cm³/mol. The van der Waals surface area contributed by atoms with Crippen molar-refractivity contribution in [2.45, 2.75) is 6.92 Å². The Kier molecular flexibility index (Phi) is 5.40. The van der Waals surface area contributed by atoms with E-state index >= 15 is 0 Å². The first-order valence-electron chi connectivity index (χ1n) is 8.13. The second-order valence-electron chi connectivity index (χ2n) is 6.08. The van der Waals surface area contributed by atoms with Crippen LogP contribution in [0.4, 0.5) is 5.69 Å². The lowest BCUT2D eigenvalue weighted by Crippen LogP contribution is -2.48. The highest BCUT2D eigenvalue weighted by atomic mass is 35.5. The zero-order valence-electron chi connectivity index (χ0n) is 14.3. The molecule has 1 amide bonds. The quantitative estimate of drug-likeness (QED) is 0.799. The van der Waals surface area contributed by atoms with Gasteiger partial charge in [0.1, 0.15) is 5.75 Å². The molecule has 132 valence electrons. The van der Waals surface area contributed by atoms with E-state index in [4.69, 9.17) is 27.9 Å². The van der Waals surface area contributed by atoms with Gasteiger partial charge in [0.2, 0.25) is 0 Å². The van der Waals surface area contributed by atoms with E-state index in [1.54, 1.807) is 25.3 Å². The first-order chi connectivity index (χ1) is 12.0. The number of amides is 1. The smallest absolute Gasteiger partial charge is 0.254 e. The van der Waals surface area contributed by atoms with Crippen LogP contribution in [0.1, 0.15) is 15.9 Å². The third-order valence-electron chi connectivity index (χ3n) is 4.41. The van der Waals surface area contributed by atoms with Crippen LogP contribution in [0, 0.1) is 6.92 Å².